The third-order valence-corrected chi connectivity index (χ3v) is 6.74. The second-order valence-electron chi connectivity index (χ2n) is 8.41. The quantitative estimate of drug-likeness (QED) is 0.745. The fraction of sp³-hybridized carbons (Fsp3) is 0.579. The van der Waals surface area contributed by atoms with E-state index in [0.717, 1.165) is 12.8 Å². The van der Waals surface area contributed by atoms with Gasteiger partial charge in [-0.2, -0.15) is 0 Å². The molecule has 154 valence electrons. The van der Waals surface area contributed by atoms with E-state index in [1.54, 1.807) is 25.7 Å². The van der Waals surface area contributed by atoms with Crippen LogP contribution in [0, 0.1) is 5.41 Å². The Morgan fingerprint density at radius 2 is 1.64 bits per heavy atom. The van der Waals surface area contributed by atoms with Crippen LogP contribution in [0.25, 0.3) is 0 Å². The highest BCUT2D eigenvalue weighted by atomic mass is 35.5. The zero-order valence-electron chi connectivity index (χ0n) is 16.1. The summed E-state index contributed by atoms with van der Waals surface area (Å²) in [7, 11) is -3.98. The molecule has 1 aromatic carbocycles. The van der Waals surface area contributed by atoms with Gasteiger partial charge in [0.15, 0.2) is 0 Å². The van der Waals surface area contributed by atoms with Crippen molar-refractivity contribution >= 4 is 33.6 Å². The van der Waals surface area contributed by atoms with Gasteiger partial charge in [-0.1, -0.05) is 11.6 Å². The number of nitrogens with one attached hydrogen (secondary N) is 1. The van der Waals surface area contributed by atoms with E-state index in [0.29, 0.717) is 17.9 Å². The van der Waals surface area contributed by atoms with Gasteiger partial charge in [-0.3, -0.25) is 4.79 Å². The lowest BCUT2D eigenvalue weighted by Gasteiger charge is -2.38. The number of carbonyl (C=O) groups is 2. The minimum Gasteiger partial charge on any atom is -0.462 e. The van der Waals surface area contributed by atoms with E-state index >= 15 is 0 Å². The van der Waals surface area contributed by atoms with Gasteiger partial charge in [0.2, 0.25) is 0 Å². The maximum absolute atomic E-state index is 12.7. The van der Waals surface area contributed by atoms with Crippen LogP contribution in [-0.4, -0.2) is 43.5 Å². The fourth-order valence-electron chi connectivity index (χ4n) is 3.72. The molecule has 2 saturated heterocycles. The monoisotopic (exact) mass is 428 g/mol. The standard InChI is InChI=1S/C19H25ClN2O5S/c1-19(2,3)17(23)27-15-10-13-6-7-14(11-15)22(13)18(24)21-28(25,26)16-8-4-12(20)5-9-16/h4-5,8-9,13-15H,6-7,10-11H2,1-3H3,(H,21,24)/t13-,14+,15?. The average Bonchev–Trinajstić information content (AvgIpc) is 2.85. The molecule has 0 radical (unpaired) electrons. The second-order valence-corrected chi connectivity index (χ2v) is 10.5. The number of nitrogens with zero attached hydrogens (tertiary/aromatic N) is 1. The number of hydrogen-bond donors (Lipinski definition) is 1. The van der Waals surface area contributed by atoms with Crippen molar-refractivity contribution < 1.29 is 22.7 Å². The maximum Gasteiger partial charge on any atom is 0.331 e. The van der Waals surface area contributed by atoms with Gasteiger partial charge in [-0.05, 0) is 57.9 Å². The molecule has 7 nitrogen and oxygen atoms in total. The Bertz CT molecular complexity index is 849. The number of piperidine rings is 1. The molecule has 0 aromatic heterocycles. The number of hydrogen-bond acceptors (Lipinski definition) is 5. The van der Waals surface area contributed by atoms with Crippen LogP contribution in [-0.2, 0) is 19.6 Å². The predicted molar refractivity (Wildman–Crippen MR) is 104 cm³/mol. The highest BCUT2D eigenvalue weighted by molar-refractivity contribution is 7.90. The van der Waals surface area contributed by atoms with Crippen molar-refractivity contribution in [1.82, 2.24) is 9.62 Å². The molecule has 1 N–H and O–H groups in total. The molecule has 0 spiro atoms. The van der Waals surface area contributed by atoms with E-state index in [1.807, 2.05) is 0 Å². The van der Waals surface area contributed by atoms with Gasteiger partial charge in [0.05, 0.1) is 10.3 Å². The number of carbonyl (C=O) groups excluding carboxylic acids is 2. The minimum absolute atomic E-state index is 0.0217. The lowest BCUT2D eigenvalue weighted by atomic mass is 9.96. The predicted octanol–water partition coefficient (Wildman–Crippen LogP) is 3.32. The Kier molecular flexibility index (Phi) is 5.64. The molecule has 1 aromatic rings. The van der Waals surface area contributed by atoms with Crippen molar-refractivity contribution in [3.63, 3.8) is 0 Å². The van der Waals surface area contributed by atoms with E-state index in [2.05, 4.69) is 4.72 Å². The fourth-order valence-corrected chi connectivity index (χ4v) is 4.80. The van der Waals surface area contributed by atoms with Gasteiger partial charge >= 0.3 is 12.0 Å². The van der Waals surface area contributed by atoms with Crippen molar-refractivity contribution in [2.24, 2.45) is 5.41 Å². The second kappa shape index (κ2) is 7.55. The van der Waals surface area contributed by atoms with Crippen LogP contribution in [0.4, 0.5) is 4.79 Å². The molecule has 2 aliphatic heterocycles. The van der Waals surface area contributed by atoms with Crippen molar-refractivity contribution in [3.8, 4) is 0 Å². The number of halogens is 1. The Morgan fingerprint density at radius 1 is 1.11 bits per heavy atom. The van der Waals surface area contributed by atoms with Crippen LogP contribution in [0.15, 0.2) is 29.2 Å². The lowest BCUT2D eigenvalue weighted by molar-refractivity contribution is -0.161. The summed E-state index contributed by atoms with van der Waals surface area (Å²) in [6, 6.07) is 4.70. The third-order valence-electron chi connectivity index (χ3n) is 5.16. The number of benzene rings is 1. The van der Waals surface area contributed by atoms with Crippen molar-refractivity contribution in [3.05, 3.63) is 29.3 Å². The molecular weight excluding hydrogens is 404 g/mol. The number of urea groups is 1. The summed E-state index contributed by atoms with van der Waals surface area (Å²) < 4.78 is 32.7. The van der Waals surface area contributed by atoms with Crippen LogP contribution in [0.3, 0.4) is 0 Å². The SMILES string of the molecule is CC(C)(C)C(=O)OC1C[C@H]2CC[C@@H](C1)N2C(=O)NS(=O)(=O)c1ccc(Cl)cc1. The molecule has 9 heteroatoms. The summed E-state index contributed by atoms with van der Waals surface area (Å²) in [4.78, 5) is 26.4. The first kappa shape index (κ1) is 20.9. The molecule has 2 aliphatic rings. The molecule has 2 fully saturated rings. The molecule has 28 heavy (non-hydrogen) atoms. The highest BCUT2D eigenvalue weighted by Crippen LogP contribution is 2.37. The first-order valence-corrected chi connectivity index (χ1v) is 11.2. The summed E-state index contributed by atoms with van der Waals surface area (Å²) in [5.41, 5.74) is -0.583. The van der Waals surface area contributed by atoms with Crippen LogP contribution in [0.2, 0.25) is 5.02 Å². The number of amides is 2. The number of rotatable bonds is 3. The van der Waals surface area contributed by atoms with Crippen LogP contribution in [0.5, 0.6) is 0 Å². The lowest BCUT2D eigenvalue weighted by Crippen LogP contribution is -2.53. The molecule has 2 heterocycles. The Morgan fingerprint density at radius 3 is 2.14 bits per heavy atom. The van der Waals surface area contributed by atoms with Crippen LogP contribution < -0.4 is 4.72 Å². The minimum atomic E-state index is -3.98. The molecular formula is C19H25ClN2O5S. The average molecular weight is 429 g/mol. The number of esters is 1. The molecule has 2 bridgehead atoms. The molecule has 3 rings (SSSR count). The summed E-state index contributed by atoms with van der Waals surface area (Å²) in [5, 5.41) is 0.412. The summed E-state index contributed by atoms with van der Waals surface area (Å²) in [5.74, 6) is -0.264. The molecule has 0 aliphatic carbocycles. The summed E-state index contributed by atoms with van der Waals surface area (Å²) >= 11 is 5.79. The van der Waals surface area contributed by atoms with Gasteiger partial charge in [0.1, 0.15) is 6.10 Å². The van der Waals surface area contributed by atoms with Gasteiger partial charge in [-0.25, -0.2) is 17.9 Å². The van der Waals surface area contributed by atoms with Crippen molar-refractivity contribution in [2.45, 2.75) is 69.5 Å². The number of fused-ring (bicyclic) bond motifs is 2. The Hall–Kier alpha value is -1.80. The largest absolute Gasteiger partial charge is 0.462 e. The van der Waals surface area contributed by atoms with E-state index < -0.39 is 21.5 Å². The van der Waals surface area contributed by atoms with Crippen molar-refractivity contribution in [2.75, 3.05) is 0 Å². The normalized spacial score (nSPS) is 24.7. The van der Waals surface area contributed by atoms with Gasteiger partial charge in [-0.15, -0.1) is 0 Å². The maximum atomic E-state index is 12.7. The summed E-state index contributed by atoms with van der Waals surface area (Å²) in [6.45, 7) is 5.40. The summed E-state index contributed by atoms with van der Waals surface area (Å²) in [6.07, 6.45) is 2.33. The zero-order valence-corrected chi connectivity index (χ0v) is 17.7. The van der Waals surface area contributed by atoms with Crippen molar-refractivity contribution in [1.29, 1.82) is 0 Å². The van der Waals surface area contributed by atoms with Gasteiger partial charge in [0.25, 0.3) is 10.0 Å². The Balaban J connectivity index is 1.66. The van der Waals surface area contributed by atoms with E-state index in [4.69, 9.17) is 16.3 Å². The number of ether oxygens (including phenoxy) is 1. The van der Waals surface area contributed by atoms with Crippen LogP contribution in [0.1, 0.15) is 46.5 Å². The van der Waals surface area contributed by atoms with E-state index in [1.165, 1.54) is 24.3 Å². The first-order chi connectivity index (χ1) is 13.0. The molecule has 1 unspecified atom stereocenters. The highest BCUT2D eigenvalue weighted by Gasteiger charge is 2.45. The first-order valence-electron chi connectivity index (χ1n) is 9.29. The van der Waals surface area contributed by atoms with E-state index in [9.17, 15) is 18.0 Å². The topological polar surface area (TPSA) is 92.8 Å². The third kappa shape index (κ3) is 4.43. The molecule has 2 amide bonds. The van der Waals surface area contributed by atoms with Crippen LogP contribution >= 0.6 is 11.6 Å². The molecule has 3 atom stereocenters. The smallest absolute Gasteiger partial charge is 0.331 e. The molecule has 0 saturated carbocycles. The van der Waals surface area contributed by atoms with Gasteiger partial charge in [0, 0.05) is 29.9 Å². The number of sulfonamides is 1. The van der Waals surface area contributed by atoms with E-state index in [-0.39, 0.29) is 29.1 Å². The van der Waals surface area contributed by atoms with Gasteiger partial charge < -0.3 is 9.64 Å². The zero-order chi connectivity index (χ0) is 20.7. The Labute approximate surface area is 170 Å².